The standard InChI is InChI=1S/C17H28N2O3S/c1-4-18(14(2)16-8-5-9-17(20)11-16)12-15-7-6-10-19(13-15)23(3,21)22/h5,8-9,11,14-15,20H,4,6-7,10,12-13H2,1-3H3/t14-,15-/m1/s1. The first-order valence-electron chi connectivity index (χ1n) is 8.29. The van der Waals surface area contributed by atoms with Gasteiger partial charge in [0.05, 0.1) is 6.26 Å². The molecule has 2 atom stereocenters. The molecule has 0 saturated carbocycles. The number of hydrogen-bond acceptors (Lipinski definition) is 4. The molecule has 0 radical (unpaired) electrons. The van der Waals surface area contributed by atoms with Crippen LogP contribution in [-0.2, 0) is 10.0 Å². The van der Waals surface area contributed by atoms with E-state index in [-0.39, 0.29) is 11.8 Å². The summed E-state index contributed by atoms with van der Waals surface area (Å²) in [5, 5.41) is 9.67. The molecule has 5 nitrogen and oxygen atoms in total. The van der Waals surface area contributed by atoms with Crippen LogP contribution in [0.3, 0.4) is 0 Å². The average Bonchev–Trinajstić information content (AvgIpc) is 2.51. The van der Waals surface area contributed by atoms with E-state index < -0.39 is 10.0 Å². The van der Waals surface area contributed by atoms with Crippen LogP contribution in [0.4, 0.5) is 0 Å². The summed E-state index contributed by atoms with van der Waals surface area (Å²) in [7, 11) is -3.10. The lowest BCUT2D eigenvalue weighted by atomic mass is 9.97. The Morgan fingerprint density at radius 2 is 2.17 bits per heavy atom. The summed E-state index contributed by atoms with van der Waals surface area (Å²) in [5.41, 5.74) is 1.09. The van der Waals surface area contributed by atoms with Gasteiger partial charge in [0, 0.05) is 25.7 Å². The highest BCUT2D eigenvalue weighted by Crippen LogP contribution is 2.26. The first-order chi connectivity index (χ1) is 10.8. The first kappa shape index (κ1) is 18.2. The van der Waals surface area contributed by atoms with Gasteiger partial charge in [0.1, 0.15) is 5.75 Å². The molecule has 1 aliphatic rings. The maximum Gasteiger partial charge on any atom is 0.211 e. The van der Waals surface area contributed by atoms with Crippen LogP contribution < -0.4 is 0 Å². The quantitative estimate of drug-likeness (QED) is 0.864. The van der Waals surface area contributed by atoms with Gasteiger partial charge in [-0.25, -0.2) is 12.7 Å². The monoisotopic (exact) mass is 340 g/mol. The second-order valence-corrected chi connectivity index (χ2v) is 8.47. The van der Waals surface area contributed by atoms with Crippen molar-refractivity contribution in [2.45, 2.75) is 32.7 Å². The zero-order valence-electron chi connectivity index (χ0n) is 14.3. The lowest BCUT2D eigenvalue weighted by Gasteiger charge is -2.36. The molecule has 1 N–H and O–H groups in total. The number of nitrogens with zero attached hydrogens (tertiary/aromatic N) is 2. The molecule has 1 saturated heterocycles. The topological polar surface area (TPSA) is 60.9 Å². The third kappa shape index (κ3) is 4.93. The van der Waals surface area contributed by atoms with Gasteiger partial charge < -0.3 is 5.11 Å². The van der Waals surface area contributed by atoms with Crippen LogP contribution in [0.15, 0.2) is 24.3 Å². The number of sulfonamides is 1. The molecule has 1 aromatic carbocycles. The second kappa shape index (κ2) is 7.64. The van der Waals surface area contributed by atoms with E-state index in [2.05, 4.69) is 18.7 Å². The maximum absolute atomic E-state index is 11.8. The number of rotatable bonds is 6. The fourth-order valence-corrected chi connectivity index (χ4v) is 4.31. The Balaban J connectivity index is 2.04. The summed E-state index contributed by atoms with van der Waals surface area (Å²) >= 11 is 0. The number of piperidine rings is 1. The number of phenolic OH excluding ortho intramolecular Hbond substituents is 1. The maximum atomic E-state index is 11.8. The second-order valence-electron chi connectivity index (χ2n) is 6.49. The predicted molar refractivity (Wildman–Crippen MR) is 92.9 cm³/mol. The Hall–Kier alpha value is -1.11. The van der Waals surface area contributed by atoms with Gasteiger partial charge >= 0.3 is 0 Å². The fraction of sp³-hybridized carbons (Fsp3) is 0.647. The molecule has 1 heterocycles. The molecule has 6 heteroatoms. The van der Waals surface area contributed by atoms with Gasteiger partial charge in [-0.05, 0) is 49.9 Å². The summed E-state index contributed by atoms with van der Waals surface area (Å²) < 4.78 is 25.1. The van der Waals surface area contributed by atoms with E-state index >= 15 is 0 Å². The van der Waals surface area contributed by atoms with E-state index in [9.17, 15) is 13.5 Å². The van der Waals surface area contributed by atoms with E-state index in [0.29, 0.717) is 19.0 Å². The average molecular weight is 340 g/mol. The van der Waals surface area contributed by atoms with Crippen LogP contribution in [0, 0.1) is 5.92 Å². The number of phenols is 1. The van der Waals surface area contributed by atoms with Gasteiger partial charge in [-0.1, -0.05) is 19.1 Å². The van der Waals surface area contributed by atoms with Gasteiger partial charge in [0.2, 0.25) is 10.0 Å². The van der Waals surface area contributed by atoms with Crippen LogP contribution in [0.5, 0.6) is 5.75 Å². The van der Waals surface area contributed by atoms with Gasteiger partial charge in [-0.2, -0.15) is 0 Å². The molecule has 1 aliphatic heterocycles. The van der Waals surface area contributed by atoms with Crippen molar-refractivity contribution in [3.63, 3.8) is 0 Å². The molecule has 1 aromatic rings. The SMILES string of the molecule is CCN(C[C@H]1CCCN(S(C)(=O)=O)C1)[C@H](C)c1cccc(O)c1. The minimum Gasteiger partial charge on any atom is -0.508 e. The Bertz CT molecular complexity index is 618. The molecule has 0 bridgehead atoms. The smallest absolute Gasteiger partial charge is 0.211 e. The van der Waals surface area contributed by atoms with Crippen LogP contribution in [0.1, 0.15) is 38.3 Å². The highest BCUT2D eigenvalue weighted by Gasteiger charge is 2.28. The van der Waals surface area contributed by atoms with E-state index in [1.165, 1.54) is 6.26 Å². The Kier molecular flexibility index (Phi) is 6.06. The zero-order valence-corrected chi connectivity index (χ0v) is 15.1. The van der Waals surface area contributed by atoms with Crippen molar-refractivity contribution >= 4 is 10.0 Å². The third-order valence-corrected chi connectivity index (χ3v) is 6.02. The molecular formula is C17H28N2O3S. The van der Waals surface area contributed by atoms with Gasteiger partial charge in [-0.15, -0.1) is 0 Å². The molecule has 0 aliphatic carbocycles. The zero-order chi connectivity index (χ0) is 17.0. The number of benzene rings is 1. The van der Waals surface area contributed by atoms with Crippen molar-refractivity contribution in [3.05, 3.63) is 29.8 Å². The van der Waals surface area contributed by atoms with Crippen molar-refractivity contribution in [3.8, 4) is 5.75 Å². The molecule has 0 spiro atoms. The number of hydrogen-bond donors (Lipinski definition) is 1. The highest BCUT2D eigenvalue weighted by atomic mass is 32.2. The molecule has 0 aromatic heterocycles. The first-order valence-corrected chi connectivity index (χ1v) is 10.1. The van der Waals surface area contributed by atoms with E-state index in [4.69, 9.17) is 0 Å². The Labute approximate surface area is 140 Å². The molecule has 0 unspecified atom stereocenters. The minimum absolute atomic E-state index is 0.195. The predicted octanol–water partition coefficient (Wildman–Crippen LogP) is 2.45. The lowest BCUT2D eigenvalue weighted by Crippen LogP contribution is -2.43. The van der Waals surface area contributed by atoms with Crippen LogP contribution >= 0.6 is 0 Å². The number of aromatic hydroxyl groups is 1. The third-order valence-electron chi connectivity index (χ3n) is 4.75. The largest absolute Gasteiger partial charge is 0.508 e. The molecular weight excluding hydrogens is 312 g/mol. The summed E-state index contributed by atoms with van der Waals surface area (Å²) in [5.74, 6) is 0.643. The molecule has 2 rings (SSSR count). The minimum atomic E-state index is -3.10. The van der Waals surface area contributed by atoms with Crippen LogP contribution in [-0.4, -0.2) is 55.2 Å². The Morgan fingerprint density at radius 1 is 1.43 bits per heavy atom. The normalized spacial score (nSPS) is 21.5. The molecule has 0 amide bonds. The Morgan fingerprint density at radius 3 is 2.78 bits per heavy atom. The van der Waals surface area contributed by atoms with E-state index in [1.807, 2.05) is 12.1 Å². The summed E-state index contributed by atoms with van der Waals surface area (Å²) in [6, 6.07) is 7.56. The van der Waals surface area contributed by atoms with Crippen molar-refractivity contribution in [2.75, 3.05) is 32.4 Å². The van der Waals surface area contributed by atoms with Gasteiger partial charge in [-0.3, -0.25) is 4.90 Å². The van der Waals surface area contributed by atoms with Crippen molar-refractivity contribution in [2.24, 2.45) is 5.92 Å². The van der Waals surface area contributed by atoms with Gasteiger partial charge in [0.25, 0.3) is 0 Å². The van der Waals surface area contributed by atoms with Crippen LogP contribution in [0.2, 0.25) is 0 Å². The highest BCUT2D eigenvalue weighted by molar-refractivity contribution is 7.88. The summed E-state index contributed by atoms with van der Waals surface area (Å²) in [6.07, 6.45) is 3.29. The molecule has 1 fully saturated rings. The van der Waals surface area contributed by atoms with Gasteiger partial charge in [0.15, 0.2) is 0 Å². The molecule has 23 heavy (non-hydrogen) atoms. The van der Waals surface area contributed by atoms with Crippen molar-refractivity contribution in [1.29, 1.82) is 0 Å². The van der Waals surface area contributed by atoms with Crippen LogP contribution in [0.25, 0.3) is 0 Å². The fourth-order valence-electron chi connectivity index (χ4n) is 3.37. The lowest BCUT2D eigenvalue weighted by molar-refractivity contribution is 0.150. The summed E-state index contributed by atoms with van der Waals surface area (Å²) in [4.78, 5) is 2.35. The van der Waals surface area contributed by atoms with Crippen molar-refractivity contribution < 1.29 is 13.5 Å². The van der Waals surface area contributed by atoms with E-state index in [0.717, 1.165) is 31.5 Å². The van der Waals surface area contributed by atoms with Crippen molar-refractivity contribution in [1.82, 2.24) is 9.21 Å². The molecule has 130 valence electrons. The van der Waals surface area contributed by atoms with E-state index in [1.54, 1.807) is 16.4 Å². The summed E-state index contributed by atoms with van der Waals surface area (Å²) in [6.45, 7) is 7.28.